The van der Waals surface area contributed by atoms with E-state index in [9.17, 15) is 0 Å². The molecule has 0 heterocycles. The van der Waals surface area contributed by atoms with E-state index in [1.165, 1.54) is 5.56 Å². The van der Waals surface area contributed by atoms with E-state index in [-0.39, 0.29) is 0 Å². The standard InChI is InChI=1S/C9H11Cl/c1-7(2)8-5-3-4-6-9(8)10/h3-7H,1-2H3. The van der Waals surface area contributed by atoms with Gasteiger partial charge in [-0.25, -0.2) is 0 Å². The Kier molecular flexibility index (Phi) is 2.34. The second-order valence-corrected chi connectivity index (χ2v) is 3.08. The van der Waals surface area contributed by atoms with Crippen LogP contribution in [0.3, 0.4) is 0 Å². The summed E-state index contributed by atoms with van der Waals surface area (Å²) in [6.45, 7) is 4.28. The summed E-state index contributed by atoms with van der Waals surface area (Å²) >= 11 is 5.92. The van der Waals surface area contributed by atoms with E-state index in [0.717, 1.165) is 5.02 Å². The normalized spacial score (nSPS) is 10.4. The molecule has 0 spiro atoms. The van der Waals surface area contributed by atoms with Crippen LogP contribution in [0.15, 0.2) is 24.3 Å². The maximum absolute atomic E-state index is 5.92. The van der Waals surface area contributed by atoms with E-state index in [0.29, 0.717) is 5.92 Å². The summed E-state index contributed by atoms with van der Waals surface area (Å²) in [6, 6.07) is 7.96. The number of hydrogen-bond acceptors (Lipinski definition) is 0. The molecule has 0 saturated heterocycles. The van der Waals surface area contributed by atoms with E-state index in [2.05, 4.69) is 19.9 Å². The maximum Gasteiger partial charge on any atom is 0.0440 e. The van der Waals surface area contributed by atoms with Gasteiger partial charge in [0.05, 0.1) is 0 Å². The lowest BCUT2D eigenvalue weighted by Crippen LogP contribution is -1.86. The Bertz CT molecular complexity index is 216. The van der Waals surface area contributed by atoms with Gasteiger partial charge in [-0.1, -0.05) is 43.6 Å². The van der Waals surface area contributed by atoms with Crippen molar-refractivity contribution in [2.75, 3.05) is 0 Å². The smallest absolute Gasteiger partial charge is 0.0440 e. The number of halogens is 1. The zero-order valence-corrected chi connectivity index (χ0v) is 7.02. The molecule has 0 aliphatic heterocycles. The average Bonchev–Trinajstić information content (AvgIpc) is 1.88. The first kappa shape index (κ1) is 7.62. The molecule has 10 heavy (non-hydrogen) atoms. The van der Waals surface area contributed by atoms with Gasteiger partial charge in [0, 0.05) is 5.02 Å². The molecule has 0 aliphatic rings. The molecular weight excluding hydrogens is 144 g/mol. The fourth-order valence-electron chi connectivity index (χ4n) is 0.943. The molecular formula is C9H11Cl. The van der Waals surface area contributed by atoms with Crippen molar-refractivity contribution in [2.24, 2.45) is 0 Å². The fraction of sp³-hybridized carbons (Fsp3) is 0.333. The second-order valence-electron chi connectivity index (χ2n) is 2.68. The SMILES string of the molecule is CC(C)c1ccccc1Cl. The summed E-state index contributed by atoms with van der Waals surface area (Å²) in [5, 5.41) is 0.873. The van der Waals surface area contributed by atoms with Crippen molar-refractivity contribution in [3.05, 3.63) is 34.9 Å². The molecule has 0 aliphatic carbocycles. The van der Waals surface area contributed by atoms with Gasteiger partial charge in [-0.15, -0.1) is 0 Å². The lowest BCUT2D eigenvalue weighted by atomic mass is 10.0. The topological polar surface area (TPSA) is 0 Å². The lowest BCUT2D eigenvalue weighted by Gasteiger charge is -2.05. The van der Waals surface area contributed by atoms with Crippen LogP contribution in [-0.4, -0.2) is 0 Å². The van der Waals surface area contributed by atoms with E-state index in [1.807, 2.05) is 18.2 Å². The summed E-state index contributed by atoms with van der Waals surface area (Å²) in [5.41, 5.74) is 1.23. The van der Waals surface area contributed by atoms with Crippen LogP contribution in [-0.2, 0) is 0 Å². The predicted octanol–water partition coefficient (Wildman–Crippen LogP) is 3.46. The summed E-state index contributed by atoms with van der Waals surface area (Å²) in [6.07, 6.45) is 0. The Morgan fingerprint density at radius 2 is 1.80 bits per heavy atom. The van der Waals surface area contributed by atoms with E-state index < -0.39 is 0 Å². The van der Waals surface area contributed by atoms with E-state index >= 15 is 0 Å². The van der Waals surface area contributed by atoms with Crippen molar-refractivity contribution in [1.29, 1.82) is 0 Å². The Labute approximate surface area is 66.8 Å². The molecule has 0 atom stereocenters. The monoisotopic (exact) mass is 154 g/mol. The van der Waals surface area contributed by atoms with Gasteiger partial charge in [-0.2, -0.15) is 0 Å². The zero-order chi connectivity index (χ0) is 7.56. The van der Waals surface area contributed by atoms with Gasteiger partial charge in [-0.05, 0) is 17.5 Å². The minimum absolute atomic E-state index is 0.522. The van der Waals surface area contributed by atoms with Crippen molar-refractivity contribution < 1.29 is 0 Å². The molecule has 0 fully saturated rings. The molecule has 1 aromatic rings. The Morgan fingerprint density at radius 3 is 2.20 bits per heavy atom. The molecule has 0 saturated carbocycles. The highest BCUT2D eigenvalue weighted by molar-refractivity contribution is 6.31. The van der Waals surface area contributed by atoms with Gasteiger partial charge in [-0.3, -0.25) is 0 Å². The lowest BCUT2D eigenvalue weighted by molar-refractivity contribution is 0.867. The minimum Gasteiger partial charge on any atom is -0.0840 e. The quantitative estimate of drug-likeness (QED) is 0.581. The molecule has 1 heteroatoms. The first-order valence-corrected chi connectivity index (χ1v) is 3.84. The maximum atomic E-state index is 5.92. The predicted molar refractivity (Wildman–Crippen MR) is 45.5 cm³/mol. The van der Waals surface area contributed by atoms with Crippen molar-refractivity contribution >= 4 is 11.6 Å². The highest BCUT2D eigenvalue weighted by atomic mass is 35.5. The van der Waals surface area contributed by atoms with Crippen LogP contribution in [0.2, 0.25) is 5.02 Å². The van der Waals surface area contributed by atoms with Gasteiger partial charge in [0.1, 0.15) is 0 Å². The number of hydrogen-bond donors (Lipinski definition) is 0. The molecule has 0 N–H and O–H groups in total. The van der Waals surface area contributed by atoms with Crippen LogP contribution in [0.5, 0.6) is 0 Å². The van der Waals surface area contributed by atoms with Crippen LogP contribution in [0.4, 0.5) is 0 Å². The third-order valence-electron chi connectivity index (χ3n) is 1.53. The first-order chi connectivity index (χ1) is 4.72. The van der Waals surface area contributed by atoms with Gasteiger partial charge in [0.15, 0.2) is 0 Å². The van der Waals surface area contributed by atoms with E-state index in [1.54, 1.807) is 0 Å². The summed E-state index contributed by atoms with van der Waals surface area (Å²) in [7, 11) is 0. The zero-order valence-electron chi connectivity index (χ0n) is 6.26. The van der Waals surface area contributed by atoms with E-state index in [4.69, 9.17) is 11.6 Å². The van der Waals surface area contributed by atoms with Crippen LogP contribution >= 0.6 is 11.6 Å². The van der Waals surface area contributed by atoms with Gasteiger partial charge in [0.2, 0.25) is 0 Å². The summed E-state index contributed by atoms with van der Waals surface area (Å²) in [4.78, 5) is 0. The molecule has 1 aromatic carbocycles. The highest BCUT2D eigenvalue weighted by Crippen LogP contribution is 2.22. The third-order valence-corrected chi connectivity index (χ3v) is 1.87. The van der Waals surface area contributed by atoms with Crippen LogP contribution < -0.4 is 0 Å². The van der Waals surface area contributed by atoms with Gasteiger partial charge < -0.3 is 0 Å². The van der Waals surface area contributed by atoms with Gasteiger partial charge >= 0.3 is 0 Å². The third kappa shape index (κ3) is 1.51. The Hall–Kier alpha value is -0.490. The second kappa shape index (κ2) is 3.07. The van der Waals surface area contributed by atoms with Crippen molar-refractivity contribution in [3.8, 4) is 0 Å². The molecule has 0 nitrogen and oxygen atoms in total. The summed E-state index contributed by atoms with van der Waals surface area (Å²) in [5.74, 6) is 0.522. The summed E-state index contributed by atoms with van der Waals surface area (Å²) < 4.78 is 0. The first-order valence-electron chi connectivity index (χ1n) is 3.46. The molecule has 0 radical (unpaired) electrons. The average molecular weight is 155 g/mol. The van der Waals surface area contributed by atoms with Crippen LogP contribution in [0, 0.1) is 0 Å². The molecule has 0 bridgehead atoms. The Balaban J connectivity index is 3.03. The highest BCUT2D eigenvalue weighted by Gasteiger charge is 2.01. The molecule has 1 rings (SSSR count). The largest absolute Gasteiger partial charge is 0.0840 e. The van der Waals surface area contributed by atoms with Crippen LogP contribution in [0.25, 0.3) is 0 Å². The molecule has 54 valence electrons. The number of rotatable bonds is 1. The van der Waals surface area contributed by atoms with Crippen molar-refractivity contribution in [1.82, 2.24) is 0 Å². The van der Waals surface area contributed by atoms with Gasteiger partial charge in [0.25, 0.3) is 0 Å². The number of benzene rings is 1. The minimum atomic E-state index is 0.522. The fourth-order valence-corrected chi connectivity index (χ4v) is 1.30. The molecule has 0 aromatic heterocycles. The van der Waals surface area contributed by atoms with Crippen molar-refractivity contribution in [3.63, 3.8) is 0 Å². The molecule has 0 unspecified atom stereocenters. The Morgan fingerprint density at radius 1 is 1.20 bits per heavy atom. The van der Waals surface area contributed by atoms with Crippen LogP contribution in [0.1, 0.15) is 25.3 Å². The van der Waals surface area contributed by atoms with Crippen molar-refractivity contribution in [2.45, 2.75) is 19.8 Å². The molecule has 0 amide bonds.